The number of halogens is 2. The zero-order valence-corrected chi connectivity index (χ0v) is 28.2. The Hall–Kier alpha value is -4.97. The minimum atomic E-state index is -4.50. The molecule has 49 heavy (non-hydrogen) atoms. The van der Waals surface area contributed by atoms with Gasteiger partial charge in [0.2, 0.25) is 11.8 Å². The minimum Gasteiger partial charge on any atom is -0.493 e. The largest absolute Gasteiger partial charge is 0.493 e. The van der Waals surface area contributed by atoms with E-state index in [2.05, 4.69) is 5.32 Å². The van der Waals surface area contributed by atoms with Crippen molar-refractivity contribution in [3.8, 4) is 11.5 Å². The Morgan fingerprint density at radius 2 is 1.51 bits per heavy atom. The third-order valence-corrected chi connectivity index (χ3v) is 10.4. The summed E-state index contributed by atoms with van der Waals surface area (Å²) in [7, 11) is -1.73. The molecular weight excluding hydrogens is 652 g/mol. The number of ether oxygens (including phenoxy) is 2. The number of benzene rings is 4. The van der Waals surface area contributed by atoms with Crippen LogP contribution >= 0.6 is 0 Å². The van der Waals surface area contributed by atoms with Gasteiger partial charge in [0.05, 0.1) is 24.8 Å². The van der Waals surface area contributed by atoms with Gasteiger partial charge in [-0.3, -0.25) is 13.9 Å². The van der Waals surface area contributed by atoms with Gasteiger partial charge in [0.25, 0.3) is 10.0 Å². The Bertz CT molecular complexity index is 1850. The number of nitrogens with zero attached hydrogens (tertiary/aromatic N) is 2. The first-order chi connectivity index (χ1) is 23.6. The molecule has 1 atom stereocenters. The lowest BCUT2D eigenvalue weighted by Gasteiger charge is -2.34. The van der Waals surface area contributed by atoms with Crippen LogP contribution in [-0.4, -0.2) is 58.0 Å². The van der Waals surface area contributed by atoms with Gasteiger partial charge in [0, 0.05) is 30.6 Å². The zero-order chi connectivity index (χ0) is 35.0. The van der Waals surface area contributed by atoms with E-state index in [-0.39, 0.29) is 40.9 Å². The van der Waals surface area contributed by atoms with E-state index in [0.717, 1.165) is 47.7 Å². The van der Waals surface area contributed by atoms with Crippen molar-refractivity contribution < 1.29 is 36.3 Å². The fourth-order valence-electron chi connectivity index (χ4n) is 5.97. The second-order valence-electron chi connectivity index (χ2n) is 11.8. The highest BCUT2D eigenvalue weighted by atomic mass is 32.2. The van der Waals surface area contributed by atoms with Crippen LogP contribution in [0.15, 0.2) is 102 Å². The average Bonchev–Trinajstić information content (AvgIpc) is 3.63. The van der Waals surface area contributed by atoms with Crippen molar-refractivity contribution >= 4 is 27.5 Å². The molecule has 0 aliphatic heterocycles. The first-order valence-electron chi connectivity index (χ1n) is 16.0. The van der Waals surface area contributed by atoms with E-state index in [0.29, 0.717) is 5.75 Å². The Balaban J connectivity index is 1.59. The van der Waals surface area contributed by atoms with Crippen LogP contribution in [0.2, 0.25) is 0 Å². The summed E-state index contributed by atoms with van der Waals surface area (Å²) < 4.78 is 69.2. The van der Waals surface area contributed by atoms with E-state index in [4.69, 9.17) is 9.47 Å². The number of anilines is 1. The van der Waals surface area contributed by atoms with Gasteiger partial charge in [-0.1, -0.05) is 61.4 Å². The van der Waals surface area contributed by atoms with E-state index in [1.54, 1.807) is 6.07 Å². The number of rotatable bonds is 14. The molecule has 4 aromatic rings. The predicted molar refractivity (Wildman–Crippen MR) is 182 cm³/mol. The first-order valence-corrected chi connectivity index (χ1v) is 17.4. The maximum atomic E-state index is 15.1. The lowest BCUT2D eigenvalue weighted by Crippen LogP contribution is -2.54. The summed E-state index contributed by atoms with van der Waals surface area (Å²) in [6.45, 7) is -1.09. The summed E-state index contributed by atoms with van der Waals surface area (Å²) in [5.41, 5.74) is 0.915. The molecule has 0 bridgehead atoms. The van der Waals surface area contributed by atoms with Crippen molar-refractivity contribution in [2.45, 2.75) is 55.6 Å². The van der Waals surface area contributed by atoms with Crippen LogP contribution in [0.1, 0.15) is 36.8 Å². The topological polar surface area (TPSA) is 105 Å². The standard InChI is InChI=1S/C37H39F2N3O6S/c1-47-34-21-20-31(23-35(34)48-2)49(45,46)42(30-18-16-28(38)17-19-30)25-36(43)41(24-27-12-6-9-15-32(27)39)33(22-26-10-4-3-5-11-26)37(44)40-29-13-7-8-14-29/h3-6,9-12,15-21,23,29,33H,7-8,13-14,22,24-25H2,1-2H3,(H,40,44)/t33-/m1/s1. The Morgan fingerprint density at radius 1 is 0.857 bits per heavy atom. The molecule has 4 aromatic carbocycles. The van der Waals surface area contributed by atoms with Gasteiger partial charge >= 0.3 is 0 Å². The summed E-state index contributed by atoms with van der Waals surface area (Å²) in [5, 5.41) is 3.08. The molecule has 1 saturated carbocycles. The van der Waals surface area contributed by atoms with Gasteiger partial charge in [-0.05, 0) is 60.9 Å². The predicted octanol–water partition coefficient (Wildman–Crippen LogP) is 5.88. The fourth-order valence-corrected chi connectivity index (χ4v) is 7.40. The van der Waals surface area contributed by atoms with E-state index in [1.807, 2.05) is 30.3 Å². The highest BCUT2D eigenvalue weighted by Gasteiger charge is 2.36. The summed E-state index contributed by atoms with van der Waals surface area (Å²) >= 11 is 0. The minimum absolute atomic E-state index is 0.00499. The molecule has 258 valence electrons. The summed E-state index contributed by atoms with van der Waals surface area (Å²) in [4.78, 5) is 29.7. The molecule has 0 radical (unpaired) electrons. The van der Waals surface area contributed by atoms with Crippen LogP contribution in [0, 0.1) is 11.6 Å². The van der Waals surface area contributed by atoms with Crippen LogP contribution in [0.3, 0.4) is 0 Å². The maximum Gasteiger partial charge on any atom is 0.264 e. The van der Waals surface area contributed by atoms with Gasteiger partial charge in [0.1, 0.15) is 24.2 Å². The molecular formula is C37H39F2N3O6S. The van der Waals surface area contributed by atoms with Crippen LogP contribution in [-0.2, 0) is 32.6 Å². The lowest BCUT2D eigenvalue weighted by molar-refractivity contribution is -0.140. The van der Waals surface area contributed by atoms with E-state index in [9.17, 15) is 22.4 Å². The number of carbonyl (C=O) groups is 2. The Kier molecular flexibility index (Phi) is 11.5. The molecule has 0 heterocycles. The van der Waals surface area contributed by atoms with Crippen LogP contribution < -0.4 is 19.1 Å². The first kappa shape index (κ1) is 35.3. The molecule has 9 nitrogen and oxygen atoms in total. The molecule has 0 unspecified atom stereocenters. The number of nitrogens with one attached hydrogen (secondary N) is 1. The normalized spacial score (nSPS) is 13.8. The highest BCUT2D eigenvalue weighted by molar-refractivity contribution is 7.92. The SMILES string of the molecule is COc1ccc(S(=O)(=O)N(CC(=O)N(Cc2ccccc2F)[C@H](Cc2ccccc2)C(=O)NC2CCCC2)c2ccc(F)cc2)cc1OC. The van der Waals surface area contributed by atoms with Crippen molar-refractivity contribution in [1.29, 1.82) is 0 Å². The third-order valence-electron chi connectivity index (χ3n) is 8.61. The van der Waals surface area contributed by atoms with Gasteiger partial charge in [-0.25, -0.2) is 17.2 Å². The van der Waals surface area contributed by atoms with Crippen LogP contribution in [0.5, 0.6) is 11.5 Å². The van der Waals surface area contributed by atoms with Gasteiger partial charge < -0.3 is 19.7 Å². The second-order valence-corrected chi connectivity index (χ2v) is 13.7. The quantitative estimate of drug-likeness (QED) is 0.177. The van der Waals surface area contributed by atoms with Crippen LogP contribution in [0.4, 0.5) is 14.5 Å². The fraction of sp³-hybridized carbons (Fsp3) is 0.297. The highest BCUT2D eigenvalue weighted by Crippen LogP contribution is 2.33. The number of carbonyl (C=O) groups excluding carboxylic acids is 2. The van der Waals surface area contributed by atoms with Crippen molar-refractivity contribution in [3.63, 3.8) is 0 Å². The van der Waals surface area contributed by atoms with Gasteiger partial charge in [-0.2, -0.15) is 0 Å². The monoisotopic (exact) mass is 691 g/mol. The van der Waals surface area contributed by atoms with Gasteiger partial charge in [0.15, 0.2) is 11.5 Å². The zero-order valence-electron chi connectivity index (χ0n) is 27.4. The molecule has 0 saturated heterocycles. The number of methoxy groups -OCH3 is 2. The molecule has 1 aliphatic carbocycles. The van der Waals surface area contributed by atoms with Crippen LogP contribution in [0.25, 0.3) is 0 Å². The second kappa shape index (κ2) is 16.0. The van der Waals surface area contributed by atoms with E-state index >= 15 is 4.39 Å². The van der Waals surface area contributed by atoms with Crippen molar-refractivity contribution in [3.05, 3.63) is 120 Å². The molecule has 0 spiro atoms. The molecule has 2 amide bonds. The number of amides is 2. The maximum absolute atomic E-state index is 15.1. The summed E-state index contributed by atoms with van der Waals surface area (Å²) in [6, 6.07) is 22.5. The summed E-state index contributed by atoms with van der Waals surface area (Å²) in [6.07, 6.45) is 3.62. The molecule has 5 rings (SSSR count). The third kappa shape index (κ3) is 8.55. The Morgan fingerprint density at radius 3 is 2.16 bits per heavy atom. The van der Waals surface area contributed by atoms with Crippen molar-refractivity contribution in [2.75, 3.05) is 25.1 Å². The molecule has 0 aromatic heterocycles. The average molecular weight is 692 g/mol. The van der Waals surface area contributed by atoms with E-state index in [1.165, 1.54) is 67.7 Å². The smallest absolute Gasteiger partial charge is 0.264 e. The van der Waals surface area contributed by atoms with E-state index < -0.39 is 46.1 Å². The molecule has 1 N–H and O–H groups in total. The number of hydrogen-bond acceptors (Lipinski definition) is 6. The van der Waals surface area contributed by atoms with Crippen molar-refractivity contribution in [1.82, 2.24) is 10.2 Å². The number of hydrogen-bond donors (Lipinski definition) is 1. The molecule has 1 fully saturated rings. The number of sulfonamides is 1. The summed E-state index contributed by atoms with van der Waals surface area (Å²) in [5.74, 6) is -1.94. The molecule has 12 heteroatoms. The lowest BCUT2D eigenvalue weighted by atomic mass is 10.0. The molecule has 1 aliphatic rings. The van der Waals surface area contributed by atoms with Gasteiger partial charge in [-0.15, -0.1) is 0 Å². The van der Waals surface area contributed by atoms with Crippen molar-refractivity contribution in [2.24, 2.45) is 0 Å². The Labute approximate surface area is 285 Å².